The lowest BCUT2D eigenvalue weighted by Gasteiger charge is -2.30. The summed E-state index contributed by atoms with van der Waals surface area (Å²) < 4.78 is 28.5. The van der Waals surface area contributed by atoms with Gasteiger partial charge in [-0.25, -0.2) is 17.9 Å². The van der Waals surface area contributed by atoms with Crippen LogP contribution in [0.3, 0.4) is 0 Å². The van der Waals surface area contributed by atoms with Gasteiger partial charge < -0.3 is 4.98 Å². The molecular weight excluding hydrogens is 378 g/mol. The first kappa shape index (κ1) is 18.6. The molecule has 3 N–H and O–H groups in total. The van der Waals surface area contributed by atoms with E-state index in [4.69, 9.17) is 0 Å². The van der Waals surface area contributed by atoms with E-state index in [-0.39, 0.29) is 15.7 Å². The van der Waals surface area contributed by atoms with Crippen LogP contribution in [0.5, 0.6) is 0 Å². The minimum absolute atomic E-state index is 0.00115. The number of sulfonamides is 1. The third-order valence-electron chi connectivity index (χ3n) is 5.57. The van der Waals surface area contributed by atoms with Crippen molar-refractivity contribution in [2.24, 2.45) is 0 Å². The molecule has 0 aliphatic heterocycles. The van der Waals surface area contributed by atoms with Crippen molar-refractivity contribution in [1.82, 2.24) is 14.7 Å². The predicted octanol–water partition coefficient (Wildman–Crippen LogP) is 2.01. The normalized spacial score (nSPS) is 16.4. The molecule has 0 atom stereocenters. The summed E-state index contributed by atoms with van der Waals surface area (Å²) in [5.74, 6) is 0. The van der Waals surface area contributed by atoms with Gasteiger partial charge in [-0.2, -0.15) is 0 Å². The van der Waals surface area contributed by atoms with Crippen LogP contribution in [0.1, 0.15) is 31.2 Å². The first-order valence-electron chi connectivity index (χ1n) is 9.21. The van der Waals surface area contributed by atoms with Gasteiger partial charge in [0, 0.05) is 12.0 Å². The maximum atomic E-state index is 12.9. The number of H-pyrrole nitrogens is 2. The SMILES string of the molecule is O=c1[nH]c(=O)c2cc(S(=O)(=O)NCC3(c4ccccc4)CCCC3)ccc2[nH]1. The van der Waals surface area contributed by atoms with Crippen molar-refractivity contribution >= 4 is 20.9 Å². The Balaban J connectivity index is 1.65. The third-order valence-corrected chi connectivity index (χ3v) is 6.97. The highest BCUT2D eigenvalue weighted by Crippen LogP contribution is 2.40. The molecule has 8 heteroatoms. The number of rotatable bonds is 5. The smallest absolute Gasteiger partial charge is 0.307 e. The monoisotopic (exact) mass is 399 g/mol. The number of aromatic nitrogens is 2. The molecule has 0 unspecified atom stereocenters. The Kier molecular flexibility index (Phi) is 4.68. The number of nitrogens with one attached hydrogen (secondary N) is 3. The van der Waals surface area contributed by atoms with Crippen LogP contribution >= 0.6 is 0 Å². The molecule has 0 bridgehead atoms. The Hall–Kier alpha value is -2.71. The molecule has 1 aromatic heterocycles. The Morgan fingerprint density at radius 2 is 1.68 bits per heavy atom. The number of benzene rings is 2. The van der Waals surface area contributed by atoms with Crippen LogP contribution in [0.4, 0.5) is 0 Å². The summed E-state index contributed by atoms with van der Waals surface area (Å²) in [5.41, 5.74) is -0.0231. The van der Waals surface area contributed by atoms with Crippen molar-refractivity contribution in [3.63, 3.8) is 0 Å². The largest absolute Gasteiger partial charge is 0.326 e. The van der Waals surface area contributed by atoms with Crippen LogP contribution in [-0.4, -0.2) is 24.9 Å². The topological polar surface area (TPSA) is 112 Å². The second kappa shape index (κ2) is 7.03. The maximum Gasteiger partial charge on any atom is 0.326 e. The summed E-state index contributed by atoms with van der Waals surface area (Å²) in [6.07, 6.45) is 3.99. The van der Waals surface area contributed by atoms with Gasteiger partial charge in [0.15, 0.2) is 0 Å². The predicted molar refractivity (Wildman–Crippen MR) is 107 cm³/mol. The summed E-state index contributed by atoms with van der Waals surface area (Å²) in [6.45, 7) is 0.305. The van der Waals surface area contributed by atoms with E-state index >= 15 is 0 Å². The van der Waals surface area contributed by atoms with Gasteiger partial charge in [0.25, 0.3) is 5.56 Å². The molecule has 0 radical (unpaired) electrons. The molecule has 1 aliphatic rings. The van der Waals surface area contributed by atoms with Crippen LogP contribution in [0.25, 0.3) is 10.9 Å². The van der Waals surface area contributed by atoms with Gasteiger partial charge in [0.05, 0.1) is 15.8 Å². The van der Waals surface area contributed by atoms with Crippen molar-refractivity contribution in [3.8, 4) is 0 Å². The average molecular weight is 399 g/mol. The van der Waals surface area contributed by atoms with Crippen molar-refractivity contribution in [2.45, 2.75) is 36.0 Å². The molecule has 28 heavy (non-hydrogen) atoms. The van der Waals surface area contributed by atoms with Crippen molar-refractivity contribution < 1.29 is 8.42 Å². The van der Waals surface area contributed by atoms with Crippen molar-refractivity contribution in [2.75, 3.05) is 6.54 Å². The molecular formula is C20H21N3O4S. The summed E-state index contributed by atoms with van der Waals surface area (Å²) in [7, 11) is -3.81. The molecule has 0 saturated heterocycles. The number of fused-ring (bicyclic) bond motifs is 1. The van der Waals surface area contributed by atoms with Gasteiger partial charge in [0.2, 0.25) is 10.0 Å². The standard InChI is InChI=1S/C20H21N3O4S/c24-18-16-12-15(8-9-17(16)22-19(25)23-18)28(26,27)21-13-20(10-4-5-11-20)14-6-2-1-3-7-14/h1-3,6-9,12,21H,4-5,10-11,13H2,(H2,22,23,24,25). The Morgan fingerprint density at radius 1 is 0.964 bits per heavy atom. The molecule has 146 valence electrons. The molecule has 1 saturated carbocycles. The number of hydrogen-bond acceptors (Lipinski definition) is 4. The lowest BCUT2D eigenvalue weighted by atomic mass is 9.79. The fourth-order valence-electron chi connectivity index (χ4n) is 4.04. The summed E-state index contributed by atoms with van der Waals surface area (Å²) >= 11 is 0. The Morgan fingerprint density at radius 3 is 2.39 bits per heavy atom. The molecule has 4 rings (SSSR count). The van der Waals surface area contributed by atoms with Crippen LogP contribution in [0.2, 0.25) is 0 Å². The molecule has 2 aromatic carbocycles. The fourth-order valence-corrected chi connectivity index (χ4v) is 5.19. The van der Waals surface area contributed by atoms with E-state index in [9.17, 15) is 18.0 Å². The van der Waals surface area contributed by atoms with Gasteiger partial charge in [-0.05, 0) is 36.6 Å². The lowest BCUT2D eigenvalue weighted by molar-refractivity contribution is 0.432. The number of hydrogen-bond donors (Lipinski definition) is 3. The van der Waals surface area contributed by atoms with Gasteiger partial charge in [-0.1, -0.05) is 43.2 Å². The quantitative estimate of drug-likeness (QED) is 0.609. The highest BCUT2D eigenvalue weighted by molar-refractivity contribution is 7.89. The third kappa shape index (κ3) is 3.41. The zero-order valence-electron chi connectivity index (χ0n) is 15.2. The Bertz CT molecular complexity index is 1220. The fraction of sp³-hybridized carbons (Fsp3) is 0.300. The first-order chi connectivity index (χ1) is 13.4. The van der Waals surface area contributed by atoms with E-state index in [0.717, 1.165) is 31.2 Å². The van der Waals surface area contributed by atoms with E-state index in [1.807, 2.05) is 30.3 Å². The van der Waals surface area contributed by atoms with Crippen molar-refractivity contribution in [3.05, 3.63) is 74.9 Å². The van der Waals surface area contributed by atoms with E-state index in [0.29, 0.717) is 12.1 Å². The van der Waals surface area contributed by atoms with Crippen molar-refractivity contribution in [1.29, 1.82) is 0 Å². The summed E-state index contributed by atoms with van der Waals surface area (Å²) in [6, 6.07) is 14.1. The van der Waals surface area contributed by atoms with Gasteiger partial charge in [-0.15, -0.1) is 0 Å². The highest BCUT2D eigenvalue weighted by Gasteiger charge is 2.36. The number of aromatic amines is 2. The van der Waals surface area contributed by atoms with Crippen LogP contribution < -0.4 is 16.0 Å². The van der Waals surface area contributed by atoms with Gasteiger partial charge in [0.1, 0.15) is 0 Å². The molecule has 1 heterocycles. The second-order valence-corrected chi connectivity index (χ2v) is 9.06. The molecule has 0 amide bonds. The first-order valence-corrected chi connectivity index (χ1v) is 10.7. The highest BCUT2D eigenvalue weighted by atomic mass is 32.2. The average Bonchev–Trinajstić information content (AvgIpc) is 3.17. The van der Waals surface area contributed by atoms with E-state index in [2.05, 4.69) is 14.7 Å². The van der Waals surface area contributed by atoms with Crippen LogP contribution in [-0.2, 0) is 15.4 Å². The summed E-state index contributed by atoms with van der Waals surface area (Å²) in [4.78, 5) is 28.0. The van der Waals surface area contributed by atoms with Gasteiger partial charge in [-0.3, -0.25) is 9.78 Å². The molecule has 1 fully saturated rings. The van der Waals surface area contributed by atoms with Crippen LogP contribution in [0.15, 0.2) is 63.0 Å². The maximum absolute atomic E-state index is 12.9. The lowest BCUT2D eigenvalue weighted by Crippen LogP contribution is -2.39. The molecule has 1 aliphatic carbocycles. The molecule has 3 aromatic rings. The Labute approximate surface area is 161 Å². The van der Waals surface area contributed by atoms with E-state index < -0.39 is 21.3 Å². The molecule has 7 nitrogen and oxygen atoms in total. The van der Waals surface area contributed by atoms with E-state index in [1.165, 1.54) is 18.2 Å². The second-order valence-electron chi connectivity index (χ2n) is 7.29. The van der Waals surface area contributed by atoms with Gasteiger partial charge >= 0.3 is 5.69 Å². The minimum Gasteiger partial charge on any atom is -0.307 e. The molecule has 0 spiro atoms. The minimum atomic E-state index is -3.81. The summed E-state index contributed by atoms with van der Waals surface area (Å²) in [5, 5.41) is 0.126. The zero-order chi connectivity index (χ0) is 19.8. The van der Waals surface area contributed by atoms with E-state index in [1.54, 1.807) is 0 Å². The van der Waals surface area contributed by atoms with Crippen LogP contribution in [0, 0.1) is 0 Å². The zero-order valence-corrected chi connectivity index (χ0v) is 16.0.